The first-order valence-corrected chi connectivity index (χ1v) is 5.42. The van der Waals surface area contributed by atoms with E-state index in [1.165, 1.54) is 0 Å². The molecule has 0 fully saturated rings. The highest BCUT2D eigenvalue weighted by atomic mass is 35.5. The number of nitrogens with zero attached hydrogens (tertiary/aromatic N) is 1. The van der Waals surface area contributed by atoms with E-state index in [0.717, 1.165) is 16.5 Å². The highest BCUT2D eigenvalue weighted by Crippen LogP contribution is 2.35. The highest BCUT2D eigenvalue weighted by Gasteiger charge is 2.13. The average molecular weight is 262 g/mol. The molecule has 0 aliphatic rings. The minimum Gasteiger partial charge on any atom is -1.00 e. The van der Waals surface area contributed by atoms with Crippen molar-refractivity contribution in [2.24, 2.45) is 0 Å². The number of aryl methyl sites for hydroxylation is 1. The van der Waals surface area contributed by atoms with Gasteiger partial charge in [-0.2, -0.15) is 4.40 Å². The predicted octanol–water partition coefficient (Wildman–Crippen LogP) is -0.698. The second-order valence-corrected chi connectivity index (χ2v) is 4.19. The fraction of sp³-hybridized carbons (Fsp3) is 0.0714. The van der Waals surface area contributed by atoms with Crippen LogP contribution in [0.2, 0.25) is 0 Å². The second kappa shape index (κ2) is 4.35. The van der Waals surface area contributed by atoms with Crippen LogP contribution in [0.1, 0.15) is 5.56 Å². The van der Waals surface area contributed by atoms with Crippen LogP contribution in [0.3, 0.4) is 0 Å². The van der Waals surface area contributed by atoms with Crippen LogP contribution in [0.15, 0.2) is 42.7 Å². The van der Waals surface area contributed by atoms with E-state index >= 15 is 0 Å². The Kier molecular flexibility index (Phi) is 3.01. The average Bonchev–Trinajstić information content (AvgIpc) is 2.34. The van der Waals surface area contributed by atoms with Gasteiger partial charge < -0.3 is 22.6 Å². The van der Waals surface area contributed by atoms with Crippen LogP contribution in [0.4, 0.5) is 0 Å². The molecule has 4 heteroatoms. The van der Waals surface area contributed by atoms with E-state index in [2.05, 4.69) is 0 Å². The maximum absolute atomic E-state index is 9.88. The molecule has 3 rings (SSSR count). The van der Waals surface area contributed by atoms with Gasteiger partial charge in [-0.05, 0) is 24.6 Å². The van der Waals surface area contributed by atoms with Gasteiger partial charge in [0.1, 0.15) is 0 Å². The molecule has 0 spiro atoms. The standard InChI is InChI=1S/C14H11NO2.ClH/c1-9-6-13(16)14(17)11-7-10-4-2-3-5-15(10)8-12(9)11;/h2-8,17H,1H3;1H. The molecule has 2 heterocycles. The number of halogens is 1. The molecule has 0 saturated heterocycles. The van der Waals surface area contributed by atoms with Crippen LogP contribution in [0.25, 0.3) is 16.3 Å². The van der Waals surface area contributed by atoms with E-state index in [0.29, 0.717) is 5.39 Å². The van der Waals surface area contributed by atoms with Crippen LogP contribution in [0, 0.1) is 6.92 Å². The lowest BCUT2D eigenvalue weighted by Crippen LogP contribution is -3.00. The van der Waals surface area contributed by atoms with Gasteiger partial charge in [0, 0.05) is 23.6 Å². The second-order valence-electron chi connectivity index (χ2n) is 4.19. The van der Waals surface area contributed by atoms with Crippen molar-refractivity contribution >= 4 is 16.3 Å². The van der Waals surface area contributed by atoms with Crippen LogP contribution < -0.4 is 16.8 Å². The van der Waals surface area contributed by atoms with Crippen LogP contribution in [0.5, 0.6) is 11.5 Å². The SMILES string of the molecule is Cc1cc(O)c(O)c2cc3cccc[n+]3cc12.[Cl-]. The highest BCUT2D eigenvalue weighted by molar-refractivity contribution is 5.93. The Hall–Kier alpha value is -2.00. The lowest BCUT2D eigenvalue weighted by atomic mass is 10.1. The third-order valence-corrected chi connectivity index (χ3v) is 3.05. The molecule has 0 unspecified atom stereocenters. The molecule has 0 atom stereocenters. The number of pyridine rings is 2. The number of phenols is 2. The van der Waals surface area contributed by atoms with Crippen molar-refractivity contribution in [1.29, 1.82) is 0 Å². The van der Waals surface area contributed by atoms with Crippen molar-refractivity contribution in [1.82, 2.24) is 0 Å². The molecule has 3 nitrogen and oxygen atoms in total. The number of aromatic nitrogens is 1. The molecule has 2 aromatic heterocycles. The summed E-state index contributed by atoms with van der Waals surface area (Å²) in [6, 6.07) is 9.30. The summed E-state index contributed by atoms with van der Waals surface area (Å²) in [6.45, 7) is 1.91. The van der Waals surface area contributed by atoms with E-state index in [1.54, 1.807) is 6.07 Å². The Balaban J connectivity index is 0.00000120. The monoisotopic (exact) mass is 261 g/mol. The minimum absolute atomic E-state index is 0. The molecule has 0 aliphatic carbocycles. The zero-order valence-corrected chi connectivity index (χ0v) is 10.5. The molecule has 3 aromatic rings. The molecule has 18 heavy (non-hydrogen) atoms. The molecule has 0 radical (unpaired) electrons. The van der Waals surface area contributed by atoms with Gasteiger partial charge in [-0.15, -0.1) is 0 Å². The van der Waals surface area contributed by atoms with Crippen molar-refractivity contribution in [3.8, 4) is 11.5 Å². The van der Waals surface area contributed by atoms with E-state index in [9.17, 15) is 10.2 Å². The van der Waals surface area contributed by atoms with Crippen LogP contribution >= 0.6 is 0 Å². The third-order valence-electron chi connectivity index (χ3n) is 3.05. The van der Waals surface area contributed by atoms with E-state index in [-0.39, 0.29) is 23.9 Å². The maximum atomic E-state index is 9.88. The van der Waals surface area contributed by atoms with Crippen molar-refractivity contribution in [2.75, 3.05) is 0 Å². The van der Waals surface area contributed by atoms with Gasteiger partial charge in [0.2, 0.25) is 5.52 Å². The van der Waals surface area contributed by atoms with Gasteiger partial charge in [-0.1, -0.05) is 0 Å². The molecule has 1 aromatic carbocycles. The van der Waals surface area contributed by atoms with E-state index < -0.39 is 0 Å². The van der Waals surface area contributed by atoms with Crippen molar-refractivity contribution in [3.63, 3.8) is 0 Å². The summed E-state index contributed by atoms with van der Waals surface area (Å²) in [5.74, 6) is -0.132. The Morgan fingerprint density at radius 3 is 2.61 bits per heavy atom. The Labute approximate surface area is 110 Å². The number of hydrogen-bond acceptors (Lipinski definition) is 2. The summed E-state index contributed by atoms with van der Waals surface area (Å²) >= 11 is 0. The lowest BCUT2D eigenvalue weighted by molar-refractivity contribution is -0.510. The fourth-order valence-electron chi connectivity index (χ4n) is 2.14. The number of fused-ring (bicyclic) bond motifs is 2. The smallest absolute Gasteiger partial charge is 0.211 e. The maximum Gasteiger partial charge on any atom is 0.211 e. The van der Waals surface area contributed by atoms with Crippen LogP contribution in [-0.2, 0) is 0 Å². The zero-order chi connectivity index (χ0) is 12.0. The Bertz CT molecular complexity index is 741. The van der Waals surface area contributed by atoms with E-state index in [4.69, 9.17) is 0 Å². The third kappa shape index (κ3) is 1.73. The number of aromatic hydroxyl groups is 2. The van der Waals surface area contributed by atoms with Gasteiger partial charge >= 0.3 is 0 Å². The zero-order valence-electron chi connectivity index (χ0n) is 9.76. The van der Waals surface area contributed by atoms with Gasteiger partial charge in [0.25, 0.3) is 0 Å². The molecule has 0 saturated carbocycles. The lowest BCUT2D eigenvalue weighted by Gasteiger charge is -2.05. The normalized spacial score (nSPS) is 10.5. The van der Waals surface area contributed by atoms with Crippen molar-refractivity contribution in [2.45, 2.75) is 6.92 Å². The molecule has 0 bridgehead atoms. The van der Waals surface area contributed by atoms with E-state index in [1.807, 2.05) is 48.0 Å². The molecule has 0 aliphatic heterocycles. The number of phenolic OH excluding ortho intramolecular Hbond substituents is 2. The summed E-state index contributed by atoms with van der Waals surface area (Å²) in [7, 11) is 0. The molecule has 2 N–H and O–H groups in total. The fourth-order valence-corrected chi connectivity index (χ4v) is 2.14. The van der Waals surface area contributed by atoms with Crippen molar-refractivity contribution in [3.05, 3.63) is 48.3 Å². The Morgan fingerprint density at radius 2 is 1.83 bits per heavy atom. The molecule has 0 amide bonds. The summed E-state index contributed by atoms with van der Waals surface area (Å²) in [4.78, 5) is 0. The number of benzene rings is 1. The minimum atomic E-state index is -0.0738. The Morgan fingerprint density at radius 1 is 1.06 bits per heavy atom. The topological polar surface area (TPSA) is 44.6 Å². The van der Waals surface area contributed by atoms with Gasteiger partial charge in [-0.3, -0.25) is 0 Å². The van der Waals surface area contributed by atoms with Crippen molar-refractivity contribution < 1.29 is 27.0 Å². The summed E-state index contributed by atoms with van der Waals surface area (Å²) < 4.78 is 1.99. The first-order chi connectivity index (χ1) is 8.16. The summed E-state index contributed by atoms with van der Waals surface area (Å²) in [5, 5.41) is 21.1. The summed E-state index contributed by atoms with van der Waals surface area (Å²) in [6.07, 6.45) is 3.91. The number of hydrogen-bond donors (Lipinski definition) is 2. The molecular formula is C14H12ClNO2. The van der Waals surface area contributed by atoms with Gasteiger partial charge in [-0.25, -0.2) is 0 Å². The van der Waals surface area contributed by atoms with Gasteiger partial charge in [0.15, 0.2) is 23.9 Å². The molecule has 92 valence electrons. The van der Waals surface area contributed by atoms with Gasteiger partial charge in [0.05, 0.1) is 5.39 Å². The summed E-state index contributed by atoms with van der Waals surface area (Å²) in [5.41, 5.74) is 1.91. The molecular weight excluding hydrogens is 250 g/mol. The van der Waals surface area contributed by atoms with Crippen LogP contribution in [-0.4, -0.2) is 10.2 Å². The largest absolute Gasteiger partial charge is 1.00 e. The predicted molar refractivity (Wildman–Crippen MR) is 65.2 cm³/mol. The quantitative estimate of drug-likeness (QED) is 0.319. The first-order valence-electron chi connectivity index (χ1n) is 5.42. The number of rotatable bonds is 0. The first kappa shape index (κ1) is 12.5.